The first-order valence-corrected chi connectivity index (χ1v) is 3.38. The fraction of sp³-hybridized carbons (Fsp3) is 0.143. The van der Waals surface area contributed by atoms with Crippen LogP contribution in [0.1, 0.15) is 5.56 Å². The molecule has 6 nitrogen and oxygen atoms in total. The molecule has 13 heavy (non-hydrogen) atoms. The molecule has 0 N–H and O–H groups in total. The minimum Gasteiger partial charge on any atom is -0.320 e. The van der Waals surface area contributed by atoms with Gasteiger partial charge in [-0.25, -0.2) is 0 Å². The van der Waals surface area contributed by atoms with E-state index in [1.165, 1.54) is 6.07 Å². The second-order valence-electron chi connectivity index (χ2n) is 2.23. The number of aryl methyl sites for hydroxylation is 1. The first-order valence-electron chi connectivity index (χ1n) is 3.38. The lowest BCUT2D eigenvalue weighted by molar-refractivity contribution is 0.280. The largest absolute Gasteiger partial charge is 0.320 e. The molecular weight excluding hydrogens is 176 g/mol. The van der Waals surface area contributed by atoms with E-state index in [1.807, 2.05) is 0 Å². The minimum absolute atomic E-state index is 0.0644. The highest BCUT2D eigenvalue weighted by atomic mass is 16.8. The van der Waals surface area contributed by atoms with Gasteiger partial charge in [0.25, 0.3) is 0 Å². The molecule has 0 saturated carbocycles. The second kappa shape index (κ2) is 4.15. The van der Waals surface area contributed by atoms with Gasteiger partial charge in [0.2, 0.25) is 11.5 Å². The quantitative estimate of drug-likeness (QED) is 0.527. The van der Waals surface area contributed by atoms with E-state index in [0.717, 1.165) is 0 Å². The maximum absolute atomic E-state index is 9.85. The standard InChI is InChI=1S/C7H6N2O4/c1-5-3-2-4-6(12-8-10)7(5)13-9-11/h2-4H,1H3. The molecule has 0 unspecified atom stereocenters. The SMILES string of the molecule is Cc1cccc(ON=O)c1ON=O. The van der Waals surface area contributed by atoms with Crippen LogP contribution >= 0.6 is 0 Å². The zero-order chi connectivity index (χ0) is 9.68. The predicted molar refractivity (Wildman–Crippen MR) is 44.0 cm³/mol. The molecule has 0 bridgehead atoms. The van der Waals surface area contributed by atoms with Crippen molar-refractivity contribution >= 4 is 0 Å². The van der Waals surface area contributed by atoms with E-state index in [0.29, 0.717) is 5.56 Å². The summed E-state index contributed by atoms with van der Waals surface area (Å²) in [5, 5.41) is 4.45. The summed E-state index contributed by atoms with van der Waals surface area (Å²) in [5.41, 5.74) is 0.626. The number of hydrogen-bond acceptors (Lipinski definition) is 6. The molecule has 68 valence electrons. The summed E-state index contributed by atoms with van der Waals surface area (Å²) in [6, 6.07) is 4.75. The summed E-state index contributed by atoms with van der Waals surface area (Å²) in [4.78, 5) is 28.3. The molecule has 0 aliphatic heterocycles. The van der Waals surface area contributed by atoms with Gasteiger partial charge in [-0.05, 0) is 18.6 Å². The van der Waals surface area contributed by atoms with Gasteiger partial charge in [-0.15, -0.1) is 9.81 Å². The third-order valence-electron chi connectivity index (χ3n) is 1.44. The third-order valence-corrected chi connectivity index (χ3v) is 1.44. The number of hydrogen-bond donors (Lipinski definition) is 0. The van der Waals surface area contributed by atoms with Crippen molar-refractivity contribution < 1.29 is 9.68 Å². The van der Waals surface area contributed by atoms with Crippen LogP contribution in [0.4, 0.5) is 0 Å². The molecule has 0 radical (unpaired) electrons. The molecule has 0 aliphatic carbocycles. The molecule has 0 fully saturated rings. The normalized spacial score (nSPS) is 9.00. The summed E-state index contributed by atoms with van der Waals surface area (Å²) >= 11 is 0. The van der Waals surface area contributed by atoms with Crippen LogP contribution < -0.4 is 9.68 Å². The van der Waals surface area contributed by atoms with Crippen molar-refractivity contribution in [3.8, 4) is 11.5 Å². The van der Waals surface area contributed by atoms with Crippen LogP contribution in [0.5, 0.6) is 11.5 Å². The van der Waals surface area contributed by atoms with Crippen LogP contribution in [0, 0.1) is 16.7 Å². The van der Waals surface area contributed by atoms with Gasteiger partial charge in [-0.3, -0.25) is 0 Å². The Kier molecular flexibility index (Phi) is 2.91. The topological polar surface area (TPSA) is 77.3 Å². The number of rotatable bonds is 4. The van der Waals surface area contributed by atoms with Crippen molar-refractivity contribution in [2.45, 2.75) is 6.92 Å². The molecule has 0 heterocycles. The van der Waals surface area contributed by atoms with Gasteiger partial charge in [0.15, 0.2) is 10.7 Å². The van der Waals surface area contributed by atoms with Gasteiger partial charge in [0.1, 0.15) is 0 Å². The molecule has 0 saturated heterocycles. The molecule has 0 atom stereocenters. The molecule has 6 heteroatoms. The fourth-order valence-corrected chi connectivity index (χ4v) is 0.892. The summed E-state index contributed by atoms with van der Waals surface area (Å²) in [6.45, 7) is 1.68. The maximum Gasteiger partial charge on any atom is 0.209 e. The third kappa shape index (κ3) is 1.98. The Morgan fingerprint density at radius 1 is 1.15 bits per heavy atom. The first kappa shape index (κ1) is 9.11. The summed E-state index contributed by atoms with van der Waals surface area (Å²) in [7, 11) is 0. The summed E-state index contributed by atoms with van der Waals surface area (Å²) < 4.78 is 0. The highest BCUT2D eigenvalue weighted by molar-refractivity contribution is 5.45. The Morgan fingerprint density at radius 3 is 2.46 bits per heavy atom. The maximum atomic E-state index is 9.85. The molecule has 0 aliphatic rings. The highest BCUT2D eigenvalue weighted by Crippen LogP contribution is 2.30. The van der Waals surface area contributed by atoms with Crippen LogP contribution in [-0.2, 0) is 0 Å². The molecule has 0 aromatic heterocycles. The van der Waals surface area contributed by atoms with E-state index in [9.17, 15) is 9.81 Å². The zero-order valence-corrected chi connectivity index (χ0v) is 6.76. The smallest absolute Gasteiger partial charge is 0.209 e. The molecule has 1 aromatic carbocycles. The lowest BCUT2D eigenvalue weighted by atomic mass is 10.2. The number of para-hydroxylation sites is 1. The van der Waals surface area contributed by atoms with Gasteiger partial charge in [-0.2, -0.15) is 0 Å². The van der Waals surface area contributed by atoms with Crippen LogP contribution in [0.15, 0.2) is 28.9 Å². The van der Waals surface area contributed by atoms with E-state index >= 15 is 0 Å². The highest BCUT2D eigenvalue weighted by Gasteiger charge is 2.09. The predicted octanol–water partition coefficient (Wildman–Crippen LogP) is 2.12. The van der Waals surface area contributed by atoms with Crippen LogP contribution in [-0.4, -0.2) is 0 Å². The van der Waals surface area contributed by atoms with E-state index < -0.39 is 0 Å². The molecule has 1 aromatic rings. The molecule has 0 spiro atoms. The second-order valence-corrected chi connectivity index (χ2v) is 2.23. The molecule has 0 amide bonds. The number of benzene rings is 1. The van der Waals surface area contributed by atoms with Gasteiger partial charge in [0.05, 0.1) is 0 Å². The van der Waals surface area contributed by atoms with Crippen LogP contribution in [0.25, 0.3) is 0 Å². The Morgan fingerprint density at radius 2 is 1.85 bits per heavy atom. The Balaban J connectivity index is 3.08. The van der Waals surface area contributed by atoms with Crippen molar-refractivity contribution in [1.82, 2.24) is 0 Å². The monoisotopic (exact) mass is 182 g/mol. The van der Waals surface area contributed by atoms with Crippen molar-refractivity contribution in [1.29, 1.82) is 0 Å². The Bertz CT molecular complexity index is 326. The van der Waals surface area contributed by atoms with Crippen molar-refractivity contribution in [2.24, 2.45) is 10.7 Å². The van der Waals surface area contributed by atoms with Crippen molar-refractivity contribution in [3.05, 3.63) is 33.6 Å². The molecule has 1 rings (SSSR count). The first-order chi connectivity index (χ1) is 6.29. The number of nitrogens with zero attached hydrogens (tertiary/aromatic N) is 2. The van der Waals surface area contributed by atoms with E-state index in [2.05, 4.69) is 20.4 Å². The average Bonchev–Trinajstić information content (AvgIpc) is 2.11. The summed E-state index contributed by atoms with van der Waals surface area (Å²) in [6.07, 6.45) is 0. The average molecular weight is 182 g/mol. The van der Waals surface area contributed by atoms with Crippen molar-refractivity contribution in [3.63, 3.8) is 0 Å². The Hall–Kier alpha value is -1.98. The van der Waals surface area contributed by atoms with Crippen molar-refractivity contribution in [2.75, 3.05) is 0 Å². The van der Waals surface area contributed by atoms with Crippen LogP contribution in [0.3, 0.4) is 0 Å². The fourth-order valence-electron chi connectivity index (χ4n) is 0.892. The summed E-state index contributed by atoms with van der Waals surface area (Å²) in [5.74, 6) is 0.159. The van der Waals surface area contributed by atoms with E-state index in [1.54, 1.807) is 19.1 Å². The van der Waals surface area contributed by atoms with Gasteiger partial charge < -0.3 is 9.68 Å². The minimum atomic E-state index is 0.0644. The molecular formula is C7H6N2O4. The lowest BCUT2D eigenvalue weighted by Gasteiger charge is -2.03. The van der Waals surface area contributed by atoms with Gasteiger partial charge in [0, 0.05) is 0 Å². The van der Waals surface area contributed by atoms with Crippen LogP contribution in [0.2, 0.25) is 0 Å². The zero-order valence-electron chi connectivity index (χ0n) is 6.76. The van der Waals surface area contributed by atoms with Gasteiger partial charge in [-0.1, -0.05) is 12.1 Å². The van der Waals surface area contributed by atoms with E-state index in [-0.39, 0.29) is 11.5 Å². The Labute approximate surface area is 73.3 Å². The van der Waals surface area contributed by atoms with E-state index in [4.69, 9.17) is 0 Å². The van der Waals surface area contributed by atoms with Gasteiger partial charge >= 0.3 is 0 Å². The lowest BCUT2D eigenvalue weighted by Crippen LogP contribution is -1.90.